The summed E-state index contributed by atoms with van der Waals surface area (Å²) in [6.07, 6.45) is 7.24. The number of sulfonamides is 1. The summed E-state index contributed by atoms with van der Waals surface area (Å²) in [5.74, 6) is 0.207. The summed E-state index contributed by atoms with van der Waals surface area (Å²) < 4.78 is 27.9. The van der Waals surface area contributed by atoms with Crippen molar-refractivity contribution < 1.29 is 18.3 Å². The Labute approximate surface area is 162 Å². The van der Waals surface area contributed by atoms with Gasteiger partial charge < -0.3 is 10.0 Å². The number of hydrogen-bond acceptors (Lipinski definition) is 4. The lowest BCUT2D eigenvalue weighted by atomic mass is 9.75. The van der Waals surface area contributed by atoms with Gasteiger partial charge in [-0.1, -0.05) is 31.4 Å². The second kappa shape index (κ2) is 8.71. The molecule has 1 aliphatic carbocycles. The molecule has 1 amide bonds. The number of nitrogens with one attached hydrogen (secondary N) is 1. The van der Waals surface area contributed by atoms with Gasteiger partial charge in [-0.3, -0.25) is 4.79 Å². The Hall–Kier alpha value is -1.44. The Balaban J connectivity index is 1.57. The second-order valence-corrected chi connectivity index (χ2v) is 9.69. The van der Waals surface area contributed by atoms with Crippen LogP contribution in [-0.4, -0.2) is 50.6 Å². The summed E-state index contributed by atoms with van der Waals surface area (Å²) >= 11 is 0. The number of hydrogen-bond donors (Lipinski definition) is 2. The maximum atomic E-state index is 12.6. The maximum Gasteiger partial charge on any atom is 0.240 e. The first kappa shape index (κ1) is 20.3. The molecule has 7 heteroatoms. The van der Waals surface area contributed by atoms with Crippen molar-refractivity contribution in [3.05, 3.63) is 29.8 Å². The van der Waals surface area contributed by atoms with E-state index in [0.717, 1.165) is 57.1 Å². The predicted octanol–water partition coefficient (Wildman–Crippen LogP) is 2.07. The van der Waals surface area contributed by atoms with Crippen molar-refractivity contribution in [2.45, 2.75) is 56.3 Å². The molecule has 2 aliphatic rings. The highest BCUT2D eigenvalue weighted by molar-refractivity contribution is 7.89. The van der Waals surface area contributed by atoms with E-state index in [9.17, 15) is 18.3 Å². The van der Waals surface area contributed by atoms with Gasteiger partial charge in [0.05, 0.1) is 4.90 Å². The lowest BCUT2D eigenvalue weighted by Gasteiger charge is -2.35. The number of nitrogens with zero attached hydrogens (tertiary/aromatic N) is 1. The average Bonchev–Trinajstić information content (AvgIpc) is 3.11. The molecule has 27 heavy (non-hydrogen) atoms. The van der Waals surface area contributed by atoms with Gasteiger partial charge in [-0.25, -0.2) is 13.1 Å². The maximum absolute atomic E-state index is 12.6. The molecule has 0 spiro atoms. The molecular weight excluding hydrogens is 364 g/mol. The van der Waals surface area contributed by atoms with Crippen LogP contribution in [-0.2, 0) is 21.2 Å². The van der Waals surface area contributed by atoms with E-state index in [1.807, 2.05) is 17.0 Å². The second-order valence-electron chi connectivity index (χ2n) is 7.92. The molecule has 2 N–H and O–H groups in total. The molecule has 0 aromatic heterocycles. The Bertz CT molecular complexity index is 740. The van der Waals surface area contributed by atoms with Gasteiger partial charge in [0.2, 0.25) is 15.9 Å². The summed E-state index contributed by atoms with van der Waals surface area (Å²) in [4.78, 5) is 13.8. The molecule has 1 heterocycles. The normalized spacial score (nSPS) is 20.2. The Morgan fingerprint density at radius 2 is 1.78 bits per heavy atom. The van der Waals surface area contributed by atoms with Crippen LogP contribution in [0.3, 0.4) is 0 Å². The lowest BCUT2D eigenvalue weighted by Crippen LogP contribution is -2.41. The number of benzene rings is 1. The fraction of sp³-hybridized carbons (Fsp3) is 0.650. The molecule has 0 radical (unpaired) electrons. The Morgan fingerprint density at radius 3 is 2.37 bits per heavy atom. The molecule has 0 atom stereocenters. The molecule has 150 valence electrons. The number of rotatable bonds is 8. The predicted molar refractivity (Wildman–Crippen MR) is 104 cm³/mol. The average molecular weight is 395 g/mol. The van der Waals surface area contributed by atoms with E-state index in [-0.39, 0.29) is 29.4 Å². The molecule has 1 aromatic carbocycles. The zero-order chi connectivity index (χ0) is 19.3. The summed E-state index contributed by atoms with van der Waals surface area (Å²) in [6.45, 7) is 1.80. The first-order valence-corrected chi connectivity index (χ1v) is 11.4. The topological polar surface area (TPSA) is 86.7 Å². The van der Waals surface area contributed by atoms with Gasteiger partial charge in [0.25, 0.3) is 0 Å². The zero-order valence-electron chi connectivity index (χ0n) is 15.8. The molecule has 1 saturated heterocycles. The molecular formula is C20H30N2O4S. The smallest absolute Gasteiger partial charge is 0.240 e. The van der Waals surface area contributed by atoms with Gasteiger partial charge in [0.1, 0.15) is 0 Å². The van der Waals surface area contributed by atoms with Gasteiger partial charge in [0, 0.05) is 38.1 Å². The highest BCUT2D eigenvalue weighted by Crippen LogP contribution is 2.35. The summed E-state index contributed by atoms with van der Waals surface area (Å²) in [7, 11) is -3.59. The third-order valence-electron chi connectivity index (χ3n) is 5.96. The largest absolute Gasteiger partial charge is 0.396 e. The summed E-state index contributed by atoms with van der Waals surface area (Å²) in [6, 6.07) is 6.88. The van der Waals surface area contributed by atoms with Crippen LogP contribution in [0.15, 0.2) is 29.2 Å². The van der Waals surface area contributed by atoms with E-state index < -0.39 is 10.0 Å². The number of amides is 1. The first-order valence-electron chi connectivity index (χ1n) is 9.91. The van der Waals surface area contributed by atoms with Crippen LogP contribution in [0, 0.1) is 5.41 Å². The van der Waals surface area contributed by atoms with Crippen LogP contribution in [0.4, 0.5) is 0 Å². The number of carbonyl (C=O) groups excluding carboxylic acids is 1. The van der Waals surface area contributed by atoms with Gasteiger partial charge in [-0.2, -0.15) is 0 Å². The van der Waals surface area contributed by atoms with Crippen molar-refractivity contribution in [3.63, 3.8) is 0 Å². The van der Waals surface area contributed by atoms with Crippen molar-refractivity contribution in [2.75, 3.05) is 26.2 Å². The minimum Gasteiger partial charge on any atom is -0.396 e. The van der Waals surface area contributed by atoms with Gasteiger partial charge in [0.15, 0.2) is 0 Å². The van der Waals surface area contributed by atoms with E-state index in [0.29, 0.717) is 13.0 Å². The molecule has 1 saturated carbocycles. The minimum atomic E-state index is -3.59. The van der Waals surface area contributed by atoms with Crippen LogP contribution in [0.5, 0.6) is 0 Å². The van der Waals surface area contributed by atoms with Crippen molar-refractivity contribution in [3.8, 4) is 0 Å². The summed E-state index contributed by atoms with van der Waals surface area (Å²) in [5, 5.41) is 9.75. The number of aliphatic hydroxyl groups excluding tert-OH is 1. The van der Waals surface area contributed by atoms with E-state index in [1.54, 1.807) is 12.1 Å². The highest BCUT2D eigenvalue weighted by atomic mass is 32.2. The monoisotopic (exact) mass is 394 g/mol. The van der Waals surface area contributed by atoms with Crippen molar-refractivity contribution in [1.29, 1.82) is 0 Å². The molecule has 2 fully saturated rings. The van der Waals surface area contributed by atoms with E-state index in [4.69, 9.17) is 0 Å². The highest BCUT2D eigenvalue weighted by Gasteiger charge is 2.32. The number of carbonyl (C=O) groups is 1. The van der Waals surface area contributed by atoms with Crippen molar-refractivity contribution in [1.82, 2.24) is 9.62 Å². The molecule has 0 unspecified atom stereocenters. The van der Waals surface area contributed by atoms with E-state index >= 15 is 0 Å². The number of likely N-dealkylation sites (tertiary alicyclic amines) is 1. The first-order chi connectivity index (χ1) is 12.9. The van der Waals surface area contributed by atoms with Gasteiger partial charge >= 0.3 is 0 Å². The zero-order valence-corrected chi connectivity index (χ0v) is 16.6. The lowest BCUT2D eigenvalue weighted by molar-refractivity contribution is -0.127. The Morgan fingerprint density at radius 1 is 1.07 bits per heavy atom. The van der Waals surface area contributed by atoms with Crippen LogP contribution in [0.1, 0.15) is 50.5 Å². The molecule has 6 nitrogen and oxygen atoms in total. The fourth-order valence-corrected chi connectivity index (χ4v) is 5.22. The third-order valence-corrected chi connectivity index (χ3v) is 7.38. The molecule has 1 aliphatic heterocycles. The quantitative estimate of drug-likeness (QED) is 0.707. The Kier molecular flexibility index (Phi) is 6.55. The van der Waals surface area contributed by atoms with Gasteiger partial charge in [-0.15, -0.1) is 0 Å². The minimum absolute atomic E-state index is 0.0175. The standard InChI is InChI=1S/C20H30N2O4S/c23-16-20(11-2-1-3-12-20)15-21-27(25,26)18-8-6-17(7-9-18)10-14-22-13-4-5-19(22)24/h6-9,21,23H,1-5,10-16H2. The number of aliphatic hydroxyl groups is 1. The van der Waals surface area contributed by atoms with Crippen LogP contribution in [0.2, 0.25) is 0 Å². The summed E-state index contributed by atoms with van der Waals surface area (Å²) in [5.41, 5.74) is 0.695. The fourth-order valence-electron chi connectivity index (χ4n) is 4.06. The molecule has 3 rings (SSSR count). The van der Waals surface area contributed by atoms with E-state index in [1.165, 1.54) is 0 Å². The SMILES string of the molecule is O=C1CCCN1CCc1ccc(S(=O)(=O)NCC2(CO)CCCCC2)cc1. The molecule has 1 aromatic rings. The molecule has 0 bridgehead atoms. The van der Waals surface area contributed by atoms with Crippen LogP contribution < -0.4 is 4.72 Å². The van der Waals surface area contributed by atoms with Gasteiger partial charge in [-0.05, 0) is 43.4 Å². The van der Waals surface area contributed by atoms with E-state index in [2.05, 4.69) is 4.72 Å². The van der Waals surface area contributed by atoms with Crippen LogP contribution in [0.25, 0.3) is 0 Å². The third kappa shape index (κ3) is 5.09. The van der Waals surface area contributed by atoms with Crippen molar-refractivity contribution in [2.24, 2.45) is 5.41 Å². The van der Waals surface area contributed by atoms with Crippen LogP contribution >= 0.6 is 0 Å². The van der Waals surface area contributed by atoms with Crippen molar-refractivity contribution >= 4 is 15.9 Å².